The average molecular weight is 273 g/mol. The number of para-hydroxylation sites is 1. The van der Waals surface area contributed by atoms with Crippen molar-refractivity contribution >= 4 is 11.5 Å². The van der Waals surface area contributed by atoms with Gasteiger partial charge < -0.3 is 4.90 Å². The Morgan fingerprint density at radius 1 is 1.11 bits per heavy atom. The highest BCUT2D eigenvalue weighted by Crippen LogP contribution is 2.30. The molecule has 1 aliphatic heterocycles. The summed E-state index contributed by atoms with van der Waals surface area (Å²) in [7, 11) is 1.39. The van der Waals surface area contributed by atoms with E-state index in [4.69, 9.17) is 0 Å². The standard InChI is InChI=1S/C11H12F3N3.C2H6/c1-8-16(2)10(11(12,13)14)15-17(8)9-6-4-3-5-7-9;1-2/h3-8H,1-2H3;1-2H3. The molecule has 6 heteroatoms. The number of amidine groups is 1. The molecule has 3 nitrogen and oxygen atoms in total. The monoisotopic (exact) mass is 273 g/mol. The minimum atomic E-state index is -4.42. The third-order valence-electron chi connectivity index (χ3n) is 2.73. The summed E-state index contributed by atoms with van der Waals surface area (Å²) in [5.74, 6) is -0.867. The number of hydrogen-bond donors (Lipinski definition) is 0. The van der Waals surface area contributed by atoms with Gasteiger partial charge in [0.05, 0.1) is 5.69 Å². The minimum Gasteiger partial charge on any atom is -0.332 e. The fraction of sp³-hybridized carbons (Fsp3) is 0.462. The Labute approximate surface area is 111 Å². The average Bonchev–Trinajstić information content (AvgIpc) is 2.70. The van der Waals surface area contributed by atoms with E-state index in [1.807, 2.05) is 19.9 Å². The zero-order chi connectivity index (χ0) is 14.6. The molecule has 0 saturated carbocycles. The lowest BCUT2D eigenvalue weighted by Gasteiger charge is -2.25. The van der Waals surface area contributed by atoms with Crippen LogP contribution in [0.2, 0.25) is 0 Å². The number of benzene rings is 1. The summed E-state index contributed by atoms with van der Waals surface area (Å²) in [6.07, 6.45) is -4.87. The van der Waals surface area contributed by atoms with E-state index in [-0.39, 0.29) is 0 Å². The van der Waals surface area contributed by atoms with Gasteiger partial charge >= 0.3 is 6.18 Å². The summed E-state index contributed by atoms with van der Waals surface area (Å²) in [5, 5.41) is 5.01. The summed E-state index contributed by atoms with van der Waals surface area (Å²) >= 11 is 0. The van der Waals surface area contributed by atoms with Crippen LogP contribution >= 0.6 is 0 Å². The maximum absolute atomic E-state index is 12.7. The first-order chi connectivity index (χ1) is 8.91. The molecule has 1 aromatic rings. The SMILES string of the molecule is CC.CC1N(C)C(C(F)(F)F)=NN1c1ccccc1. The second kappa shape index (κ2) is 5.95. The van der Waals surface area contributed by atoms with Crippen LogP contribution in [-0.4, -0.2) is 30.1 Å². The van der Waals surface area contributed by atoms with Gasteiger partial charge in [-0.1, -0.05) is 32.0 Å². The van der Waals surface area contributed by atoms with Crippen LogP contribution in [0, 0.1) is 0 Å². The quantitative estimate of drug-likeness (QED) is 0.777. The first-order valence-electron chi connectivity index (χ1n) is 6.14. The molecule has 0 bridgehead atoms. The van der Waals surface area contributed by atoms with E-state index in [9.17, 15) is 13.2 Å². The fourth-order valence-corrected chi connectivity index (χ4v) is 1.71. The molecule has 0 radical (unpaired) electrons. The van der Waals surface area contributed by atoms with Gasteiger partial charge in [0.2, 0.25) is 5.84 Å². The van der Waals surface area contributed by atoms with Crippen LogP contribution in [0.3, 0.4) is 0 Å². The van der Waals surface area contributed by atoms with Crippen LogP contribution < -0.4 is 5.01 Å². The first kappa shape index (κ1) is 15.3. The van der Waals surface area contributed by atoms with Gasteiger partial charge in [0.25, 0.3) is 0 Å². The zero-order valence-electron chi connectivity index (χ0n) is 11.4. The lowest BCUT2D eigenvalue weighted by atomic mass is 10.3. The van der Waals surface area contributed by atoms with Crippen LogP contribution in [0.1, 0.15) is 20.8 Å². The number of hydrogen-bond acceptors (Lipinski definition) is 3. The molecule has 0 aromatic heterocycles. The Bertz CT molecular complexity index is 429. The smallest absolute Gasteiger partial charge is 0.332 e. The number of nitrogens with zero attached hydrogens (tertiary/aromatic N) is 3. The normalized spacial score (nSPS) is 18.9. The number of anilines is 1. The molecule has 1 heterocycles. The molecule has 0 N–H and O–H groups in total. The van der Waals surface area contributed by atoms with Gasteiger partial charge in [-0.15, -0.1) is 5.10 Å². The van der Waals surface area contributed by atoms with Crippen molar-refractivity contribution in [3.8, 4) is 0 Å². The lowest BCUT2D eigenvalue weighted by Crippen LogP contribution is -2.41. The van der Waals surface area contributed by atoms with E-state index in [1.54, 1.807) is 31.2 Å². The van der Waals surface area contributed by atoms with Gasteiger partial charge in [0.1, 0.15) is 6.17 Å². The molecule has 0 aliphatic carbocycles. The fourth-order valence-electron chi connectivity index (χ4n) is 1.71. The maximum atomic E-state index is 12.7. The highest BCUT2D eigenvalue weighted by molar-refractivity contribution is 5.90. The molecule has 0 fully saturated rings. The second-order valence-corrected chi connectivity index (χ2v) is 3.84. The number of hydrazone groups is 1. The molecule has 19 heavy (non-hydrogen) atoms. The van der Waals surface area contributed by atoms with Crippen LogP contribution in [-0.2, 0) is 0 Å². The molecule has 1 aromatic carbocycles. The van der Waals surface area contributed by atoms with Crippen LogP contribution in [0.5, 0.6) is 0 Å². The van der Waals surface area contributed by atoms with Crippen molar-refractivity contribution < 1.29 is 13.2 Å². The summed E-state index contributed by atoms with van der Waals surface area (Å²) < 4.78 is 38.0. The number of rotatable bonds is 1. The summed E-state index contributed by atoms with van der Waals surface area (Å²) in [4.78, 5) is 1.12. The van der Waals surface area contributed by atoms with Crippen molar-refractivity contribution in [2.45, 2.75) is 33.1 Å². The van der Waals surface area contributed by atoms with Crippen molar-refractivity contribution in [1.82, 2.24) is 4.90 Å². The van der Waals surface area contributed by atoms with E-state index in [2.05, 4.69) is 5.10 Å². The van der Waals surface area contributed by atoms with E-state index in [1.165, 1.54) is 12.1 Å². The molecule has 1 atom stereocenters. The van der Waals surface area contributed by atoms with Crippen molar-refractivity contribution in [3.05, 3.63) is 30.3 Å². The number of halogens is 3. The Hall–Kier alpha value is -1.72. The van der Waals surface area contributed by atoms with Crippen LogP contribution in [0.15, 0.2) is 35.4 Å². The Kier molecular flexibility index (Phi) is 4.80. The third kappa shape index (κ3) is 3.19. The van der Waals surface area contributed by atoms with Crippen molar-refractivity contribution in [2.24, 2.45) is 5.10 Å². The molecule has 1 aliphatic rings. The van der Waals surface area contributed by atoms with E-state index in [0.717, 1.165) is 4.90 Å². The molecule has 0 spiro atoms. The van der Waals surface area contributed by atoms with Crippen molar-refractivity contribution in [3.63, 3.8) is 0 Å². The maximum Gasteiger partial charge on any atom is 0.451 e. The topological polar surface area (TPSA) is 18.8 Å². The Morgan fingerprint density at radius 3 is 2.05 bits per heavy atom. The molecule has 0 amide bonds. The summed E-state index contributed by atoms with van der Waals surface area (Å²) in [6.45, 7) is 5.68. The Morgan fingerprint density at radius 2 is 1.63 bits per heavy atom. The zero-order valence-corrected chi connectivity index (χ0v) is 11.4. The van der Waals surface area contributed by atoms with E-state index in [0.29, 0.717) is 5.69 Å². The van der Waals surface area contributed by atoms with Crippen molar-refractivity contribution in [1.29, 1.82) is 0 Å². The highest BCUT2D eigenvalue weighted by atomic mass is 19.4. The lowest BCUT2D eigenvalue weighted by molar-refractivity contribution is -0.0672. The summed E-state index contributed by atoms with van der Waals surface area (Å²) in [6, 6.07) is 8.80. The predicted molar refractivity (Wildman–Crippen MR) is 71.0 cm³/mol. The molecule has 106 valence electrons. The number of alkyl halides is 3. The molecule has 1 unspecified atom stereocenters. The van der Waals surface area contributed by atoms with Gasteiger partial charge in [0, 0.05) is 7.05 Å². The van der Waals surface area contributed by atoms with Crippen LogP contribution in [0.4, 0.5) is 18.9 Å². The van der Waals surface area contributed by atoms with Gasteiger partial charge in [-0.2, -0.15) is 13.2 Å². The van der Waals surface area contributed by atoms with Gasteiger partial charge in [-0.3, -0.25) is 0 Å². The first-order valence-corrected chi connectivity index (χ1v) is 6.14. The third-order valence-corrected chi connectivity index (χ3v) is 2.73. The van der Waals surface area contributed by atoms with Gasteiger partial charge in [-0.25, -0.2) is 5.01 Å². The summed E-state index contributed by atoms with van der Waals surface area (Å²) in [5.41, 5.74) is 0.645. The van der Waals surface area contributed by atoms with Crippen LogP contribution in [0.25, 0.3) is 0 Å². The van der Waals surface area contributed by atoms with E-state index >= 15 is 0 Å². The minimum absolute atomic E-state index is 0.450. The Balaban J connectivity index is 0.000000861. The van der Waals surface area contributed by atoms with Gasteiger partial charge in [0.15, 0.2) is 0 Å². The molecule has 0 saturated heterocycles. The highest BCUT2D eigenvalue weighted by Gasteiger charge is 2.45. The largest absolute Gasteiger partial charge is 0.451 e. The van der Waals surface area contributed by atoms with E-state index < -0.39 is 18.2 Å². The molecular formula is C13H18F3N3. The molecule has 2 rings (SSSR count). The van der Waals surface area contributed by atoms with Crippen molar-refractivity contribution in [2.75, 3.05) is 12.1 Å². The second-order valence-electron chi connectivity index (χ2n) is 3.84. The molecular weight excluding hydrogens is 255 g/mol. The van der Waals surface area contributed by atoms with Gasteiger partial charge in [-0.05, 0) is 19.1 Å². The predicted octanol–water partition coefficient (Wildman–Crippen LogP) is 3.69.